The summed E-state index contributed by atoms with van der Waals surface area (Å²) in [6.07, 6.45) is -0.929. The van der Waals surface area contributed by atoms with Crippen molar-refractivity contribution in [3.05, 3.63) is 23.8 Å². The molecule has 1 aromatic carbocycles. The predicted molar refractivity (Wildman–Crippen MR) is 76.6 cm³/mol. The van der Waals surface area contributed by atoms with Gasteiger partial charge in [-0.3, -0.25) is 0 Å². The number of carbonyl (C=O) groups excluding carboxylic acids is 1. The predicted octanol–water partition coefficient (Wildman–Crippen LogP) is 2.61. The molecule has 0 radical (unpaired) electrons. The Morgan fingerprint density at radius 2 is 1.62 bits per heavy atom. The highest BCUT2D eigenvalue weighted by Crippen LogP contribution is 2.30. The Morgan fingerprint density at radius 1 is 1.05 bits per heavy atom. The summed E-state index contributed by atoms with van der Waals surface area (Å²) in [7, 11) is 3.06. The van der Waals surface area contributed by atoms with E-state index < -0.39 is 18.5 Å². The second-order valence-corrected chi connectivity index (χ2v) is 4.22. The number of rotatable bonds is 8. The molecule has 1 aromatic rings. The third kappa shape index (κ3) is 5.24. The van der Waals surface area contributed by atoms with Crippen LogP contribution in [0.5, 0.6) is 11.5 Å². The molecule has 21 heavy (non-hydrogen) atoms. The standard InChI is InChI=1S/C15H22O6/c1-6-19-15(16)12-7-8-13(20-10(2)17-4)14(9-12)21-11(3)18-5/h7-11H,6H2,1-5H3. The molecule has 0 aliphatic heterocycles. The highest BCUT2D eigenvalue weighted by molar-refractivity contribution is 5.90. The van der Waals surface area contributed by atoms with Crippen molar-refractivity contribution in [2.24, 2.45) is 0 Å². The molecule has 2 unspecified atom stereocenters. The maximum absolute atomic E-state index is 11.8. The van der Waals surface area contributed by atoms with Crippen LogP contribution in [-0.2, 0) is 14.2 Å². The maximum atomic E-state index is 11.8. The van der Waals surface area contributed by atoms with E-state index in [1.54, 1.807) is 39.0 Å². The van der Waals surface area contributed by atoms with Crippen LogP contribution in [0.3, 0.4) is 0 Å². The molecule has 0 saturated carbocycles. The number of ether oxygens (including phenoxy) is 5. The number of hydrogen-bond acceptors (Lipinski definition) is 6. The van der Waals surface area contributed by atoms with E-state index in [-0.39, 0.29) is 0 Å². The first-order valence-corrected chi connectivity index (χ1v) is 6.71. The molecule has 0 bridgehead atoms. The van der Waals surface area contributed by atoms with Crippen molar-refractivity contribution in [2.75, 3.05) is 20.8 Å². The van der Waals surface area contributed by atoms with E-state index in [9.17, 15) is 4.79 Å². The van der Waals surface area contributed by atoms with Gasteiger partial charge in [0.2, 0.25) is 0 Å². The van der Waals surface area contributed by atoms with E-state index >= 15 is 0 Å². The van der Waals surface area contributed by atoms with Crippen LogP contribution in [0.2, 0.25) is 0 Å². The van der Waals surface area contributed by atoms with Gasteiger partial charge in [0.15, 0.2) is 24.1 Å². The third-order valence-electron chi connectivity index (χ3n) is 2.70. The van der Waals surface area contributed by atoms with Crippen LogP contribution in [0.15, 0.2) is 18.2 Å². The van der Waals surface area contributed by atoms with Gasteiger partial charge in [-0.25, -0.2) is 4.79 Å². The average molecular weight is 298 g/mol. The van der Waals surface area contributed by atoms with Crippen molar-refractivity contribution < 1.29 is 28.5 Å². The van der Waals surface area contributed by atoms with Crippen LogP contribution in [-0.4, -0.2) is 39.4 Å². The summed E-state index contributed by atoms with van der Waals surface area (Å²) in [6.45, 7) is 5.55. The topological polar surface area (TPSA) is 63.2 Å². The van der Waals surface area contributed by atoms with Crippen LogP contribution in [0.1, 0.15) is 31.1 Å². The first-order valence-electron chi connectivity index (χ1n) is 6.71. The second-order valence-electron chi connectivity index (χ2n) is 4.22. The SMILES string of the molecule is CCOC(=O)c1ccc(OC(C)OC)c(OC(C)OC)c1. The van der Waals surface area contributed by atoms with Crippen molar-refractivity contribution >= 4 is 5.97 Å². The van der Waals surface area contributed by atoms with Gasteiger partial charge in [-0.2, -0.15) is 0 Å². The van der Waals surface area contributed by atoms with E-state index in [2.05, 4.69) is 0 Å². The average Bonchev–Trinajstić information content (AvgIpc) is 2.48. The fraction of sp³-hybridized carbons (Fsp3) is 0.533. The molecule has 0 amide bonds. The summed E-state index contributed by atoms with van der Waals surface area (Å²) in [4.78, 5) is 11.8. The molecule has 2 atom stereocenters. The lowest BCUT2D eigenvalue weighted by molar-refractivity contribution is -0.0553. The van der Waals surface area contributed by atoms with Gasteiger partial charge in [0.1, 0.15) is 0 Å². The fourth-order valence-electron chi connectivity index (χ4n) is 1.49. The molecular weight excluding hydrogens is 276 g/mol. The minimum Gasteiger partial charge on any atom is -0.462 e. The molecule has 0 fully saturated rings. The second kappa shape index (κ2) is 8.49. The highest BCUT2D eigenvalue weighted by atomic mass is 16.7. The van der Waals surface area contributed by atoms with Gasteiger partial charge >= 0.3 is 5.97 Å². The Morgan fingerprint density at radius 3 is 2.14 bits per heavy atom. The normalized spacial score (nSPS) is 13.4. The minimum absolute atomic E-state index is 0.308. The van der Waals surface area contributed by atoms with E-state index in [0.29, 0.717) is 23.7 Å². The summed E-state index contributed by atoms with van der Waals surface area (Å²) in [5.74, 6) is 0.430. The van der Waals surface area contributed by atoms with Gasteiger partial charge in [-0.1, -0.05) is 0 Å². The van der Waals surface area contributed by atoms with E-state index in [1.165, 1.54) is 14.2 Å². The maximum Gasteiger partial charge on any atom is 0.338 e. The van der Waals surface area contributed by atoms with Crippen molar-refractivity contribution in [1.82, 2.24) is 0 Å². The van der Waals surface area contributed by atoms with Gasteiger partial charge in [0.05, 0.1) is 12.2 Å². The Bertz CT molecular complexity index is 459. The zero-order valence-corrected chi connectivity index (χ0v) is 13.0. The van der Waals surface area contributed by atoms with Gasteiger partial charge < -0.3 is 23.7 Å². The molecule has 0 aliphatic carbocycles. The summed E-state index contributed by atoms with van der Waals surface area (Å²) < 4.78 is 26.3. The Hall–Kier alpha value is -1.79. The largest absolute Gasteiger partial charge is 0.462 e. The van der Waals surface area contributed by atoms with Crippen LogP contribution in [0.25, 0.3) is 0 Å². The first-order chi connectivity index (χ1) is 10.0. The van der Waals surface area contributed by atoms with Gasteiger partial charge in [0.25, 0.3) is 0 Å². The minimum atomic E-state index is -0.484. The van der Waals surface area contributed by atoms with E-state index in [0.717, 1.165) is 0 Å². The zero-order chi connectivity index (χ0) is 15.8. The first kappa shape index (κ1) is 17.3. The molecule has 0 aliphatic rings. The monoisotopic (exact) mass is 298 g/mol. The molecule has 0 N–H and O–H groups in total. The number of carbonyl (C=O) groups is 1. The lowest BCUT2D eigenvalue weighted by Crippen LogP contribution is -2.18. The lowest BCUT2D eigenvalue weighted by atomic mass is 10.2. The summed E-state index contributed by atoms with van der Waals surface area (Å²) in [5.41, 5.74) is 0.382. The Balaban J connectivity index is 3.03. The van der Waals surface area contributed by atoms with E-state index in [1.807, 2.05) is 0 Å². The summed E-state index contributed by atoms with van der Waals surface area (Å²) in [5, 5.41) is 0. The van der Waals surface area contributed by atoms with Gasteiger partial charge in [0, 0.05) is 14.2 Å². The zero-order valence-electron chi connectivity index (χ0n) is 13.0. The molecule has 0 spiro atoms. The molecule has 0 heterocycles. The fourth-order valence-corrected chi connectivity index (χ4v) is 1.49. The van der Waals surface area contributed by atoms with Crippen LogP contribution in [0.4, 0.5) is 0 Å². The summed E-state index contributed by atoms with van der Waals surface area (Å²) in [6, 6.07) is 4.81. The molecule has 6 nitrogen and oxygen atoms in total. The molecule has 0 saturated heterocycles. The highest BCUT2D eigenvalue weighted by Gasteiger charge is 2.16. The van der Waals surface area contributed by atoms with Crippen LogP contribution < -0.4 is 9.47 Å². The number of methoxy groups -OCH3 is 2. The van der Waals surface area contributed by atoms with Crippen LogP contribution >= 0.6 is 0 Å². The van der Waals surface area contributed by atoms with Crippen molar-refractivity contribution in [3.63, 3.8) is 0 Å². The Labute approximate surface area is 124 Å². The van der Waals surface area contributed by atoms with Gasteiger partial charge in [-0.15, -0.1) is 0 Å². The molecule has 1 rings (SSSR count). The number of benzene rings is 1. The Kier molecular flexibility index (Phi) is 6.98. The molecule has 0 aromatic heterocycles. The molecular formula is C15H22O6. The third-order valence-corrected chi connectivity index (χ3v) is 2.70. The lowest BCUT2D eigenvalue weighted by Gasteiger charge is -2.19. The number of hydrogen-bond donors (Lipinski definition) is 0. The molecule has 6 heteroatoms. The van der Waals surface area contributed by atoms with Crippen molar-refractivity contribution in [1.29, 1.82) is 0 Å². The van der Waals surface area contributed by atoms with E-state index in [4.69, 9.17) is 23.7 Å². The van der Waals surface area contributed by atoms with Crippen molar-refractivity contribution in [3.8, 4) is 11.5 Å². The summed E-state index contributed by atoms with van der Waals surface area (Å²) >= 11 is 0. The quantitative estimate of drug-likeness (QED) is 0.543. The van der Waals surface area contributed by atoms with Crippen molar-refractivity contribution in [2.45, 2.75) is 33.4 Å². The smallest absolute Gasteiger partial charge is 0.338 e. The van der Waals surface area contributed by atoms with Gasteiger partial charge in [-0.05, 0) is 39.0 Å². The molecule has 118 valence electrons. The number of esters is 1. The van der Waals surface area contributed by atoms with Crippen LogP contribution in [0, 0.1) is 0 Å².